The van der Waals surface area contributed by atoms with E-state index in [-0.39, 0.29) is 0 Å². The third-order valence-electron chi connectivity index (χ3n) is 3.69. The number of benzene rings is 1. The maximum absolute atomic E-state index is 9.96. The average Bonchev–Trinajstić information content (AvgIpc) is 2.70. The summed E-state index contributed by atoms with van der Waals surface area (Å²) in [5, 5.41) is 16.8. The molecule has 1 saturated carbocycles. The summed E-state index contributed by atoms with van der Waals surface area (Å²) >= 11 is 0. The van der Waals surface area contributed by atoms with E-state index in [4.69, 9.17) is 10.2 Å². The monoisotopic (exact) mass is 355 g/mol. The SMILES string of the molecule is CC.CCCc1ccccc1C.CO.CO.O=CNC1CCCCC1. The Morgan fingerprint density at radius 1 is 1.04 bits per heavy atom. The van der Waals surface area contributed by atoms with Crippen molar-refractivity contribution in [2.75, 3.05) is 14.2 Å². The van der Waals surface area contributed by atoms with Gasteiger partial charge in [-0.25, -0.2) is 0 Å². The Morgan fingerprint density at radius 3 is 2.00 bits per heavy atom. The Bertz CT molecular complexity index is 364. The molecule has 25 heavy (non-hydrogen) atoms. The number of hydrogen-bond donors (Lipinski definition) is 3. The number of aliphatic hydroxyl groups is 2. The molecule has 2 rings (SSSR count). The van der Waals surface area contributed by atoms with Crippen LogP contribution in [0.5, 0.6) is 0 Å². The number of amides is 1. The molecule has 4 heteroatoms. The van der Waals surface area contributed by atoms with Gasteiger partial charge in [-0.2, -0.15) is 0 Å². The lowest BCUT2D eigenvalue weighted by molar-refractivity contribution is -0.110. The van der Waals surface area contributed by atoms with E-state index < -0.39 is 0 Å². The van der Waals surface area contributed by atoms with E-state index in [0.717, 1.165) is 20.6 Å². The van der Waals surface area contributed by atoms with Gasteiger partial charge in [0.05, 0.1) is 0 Å². The Morgan fingerprint density at radius 2 is 1.56 bits per heavy atom. The summed E-state index contributed by atoms with van der Waals surface area (Å²) in [6.07, 6.45) is 9.54. The number of hydrogen-bond acceptors (Lipinski definition) is 3. The van der Waals surface area contributed by atoms with Gasteiger partial charge < -0.3 is 15.5 Å². The standard InChI is InChI=1S/C10H14.C7H13NO.C2H6.2CH4O/c1-3-6-10-8-5-4-7-9(10)2;9-6-8-7-4-2-1-3-5-7;3*1-2/h4-5,7-8H,3,6H2,1-2H3;6-7H,1-5H2,(H,8,9);1-2H3;2*2H,1H3. The van der Waals surface area contributed by atoms with Crippen LogP contribution < -0.4 is 5.32 Å². The van der Waals surface area contributed by atoms with Gasteiger partial charge in [-0.05, 0) is 37.3 Å². The maximum Gasteiger partial charge on any atom is 0.207 e. The van der Waals surface area contributed by atoms with Crippen molar-refractivity contribution in [1.29, 1.82) is 0 Å². The number of rotatable bonds is 4. The van der Waals surface area contributed by atoms with Gasteiger partial charge >= 0.3 is 0 Å². The van der Waals surface area contributed by atoms with Crippen molar-refractivity contribution in [3.05, 3.63) is 35.4 Å². The molecule has 0 radical (unpaired) electrons. The third-order valence-corrected chi connectivity index (χ3v) is 3.69. The zero-order chi connectivity index (χ0) is 19.9. The second kappa shape index (κ2) is 24.9. The van der Waals surface area contributed by atoms with Gasteiger partial charge in [-0.1, -0.05) is 70.7 Å². The van der Waals surface area contributed by atoms with E-state index in [1.807, 2.05) is 13.8 Å². The van der Waals surface area contributed by atoms with Crippen molar-refractivity contribution in [3.63, 3.8) is 0 Å². The molecule has 0 bridgehead atoms. The van der Waals surface area contributed by atoms with Crippen LogP contribution in [0.25, 0.3) is 0 Å². The highest BCUT2D eigenvalue weighted by atomic mass is 16.2. The van der Waals surface area contributed by atoms with Crippen molar-refractivity contribution in [3.8, 4) is 0 Å². The Balaban J connectivity index is -0.000000299. The van der Waals surface area contributed by atoms with E-state index in [0.29, 0.717) is 6.04 Å². The van der Waals surface area contributed by atoms with Crippen LogP contribution in [0.4, 0.5) is 0 Å². The quantitative estimate of drug-likeness (QED) is 0.707. The number of carbonyl (C=O) groups is 1. The van der Waals surface area contributed by atoms with Crippen LogP contribution in [0.15, 0.2) is 24.3 Å². The Kier molecular flexibility index (Phi) is 28.3. The van der Waals surface area contributed by atoms with Crippen LogP contribution >= 0.6 is 0 Å². The van der Waals surface area contributed by atoms with Gasteiger partial charge in [0.2, 0.25) is 6.41 Å². The summed E-state index contributed by atoms with van der Waals surface area (Å²) in [5.74, 6) is 0. The molecular weight excluding hydrogens is 314 g/mol. The largest absolute Gasteiger partial charge is 0.400 e. The first-order valence-corrected chi connectivity index (χ1v) is 9.41. The zero-order valence-corrected chi connectivity index (χ0v) is 17.2. The van der Waals surface area contributed by atoms with Crippen LogP contribution in [0, 0.1) is 6.92 Å². The van der Waals surface area contributed by atoms with Gasteiger partial charge in [0.15, 0.2) is 0 Å². The van der Waals surface area contributed by atoms with Crippen molar-refractivity contribution in [1.82, 2.24) is 5.32 Å². The minimum Gasteiger partial charge on any atom is -0.400 e. The Hall–Kier alpha value is -1.39. The molecule has 4 nitrogen and oxygen atoms in total. The fourth-order valence-corrected chi connectivity index (χ4v) is 2.53. The molecule has 1 fully saturated rings. The number of nitrogens with one attached hydrogen (secondary N) is 1. The molecule has 1 aliphatic rings. The molecule has 1 amide bonds. The molecule has 0 aliphatic heterocycles. The van der Waals surface area contributed by atoms with Crippen LogP contribution in [0.3, 0.4) is 0 Å². The predicted octanol–water partition coefficient (Wildman–Crippen LogP) is 4.26. The molecule has 0 spiro atoms. The fourth-order valence-electron chi connectivity index (χ4n) is 2.53. The van der Waals surface area contributed by atoms with Crippen LogP contribution in [0.2, 0.25) is 0 Å². The molecule has 0 heterocycles. The molecule has 0 atom stereocenters. The van der Waals surface area contributed by atoms with Crippen molar-refractivity contribution >= 4 is 6.41 Å². The summed E-state index contributed by atoms with van der Waals surface area (Å²) in [6.45, 7) is 8.39. The third kappa shape index (κ3) is 17.2. The lowest BCUT2D eigenvalue weighted by Crippen LogP contribution is -2.29. The van der Waals surface area contributed by atoms with E-state index >= 15 is 0 Å². The first-order chi connectivity index (χ1) is 12.3. The average molecular weight is 356 g/mol. The van der Waals surface area contributed by atoms with E-state index in [1.54, 1.807) is 0 Å². The van der Waals surface area contributed by atoms with Crippen LogP contribution in [-0.2, 0) is 11.2 Å². The molecule has 1 aromatic rings. The molecule has 1 aliphatic carbocycles. The lowest BCUT2D eigenvalue weighted by atomic mass is 9.96. The number of carbonyl (C=O) groups excluding carboxylic acids is 1. The number of aryl methyl sites for hydroxylation is 2. The number of aliphatic hydroxyl groups excluding tert-OH is 2. The van der Waals surface area contributed by atoms with Crippen molar-refractivity contribution in [2.45, 2.75) is 78.7 Å². The second-order valence-corrected chi connectivity index (χ2v) is 5.30. The first-order valence-electron chi connectivity index (χ1n) is 9.41. The fraction of sp³-hybridized carbons (Fsp3) is 0.667. The lowest BCUT2D eigenvalue weighted by Gasteiger charge is -2.19. The summed E-state index contributed by atoms with van der Waals surface area (Å²) in [7, 11) is 2.00. The zero-order valence-electron chi connectivity index (χ0n) is 17.2. The molecule has 3 N–H and O–H groups in total. The highest BCUT2D eigenvalue weighted by Gasteiger charge is 2.10. The minimum absolute atomic E-state index is 0.483. The second-order valence-electron chi connectivity index (χ2n) is 5.30. The summed E-state index contributed by atoms with van der Waals surface area (Å²) in [5.41, 5.74) is 2.91. The predicted molar refractivity (Wildman–Crippen MR) is 109 cm³/mol. The van der Waals surface area contributed by atoms with E-state index in [2.05, 4.69) is 43.4 Å². The summed E-state index contributed by atoms with van der Waals surface area (Å²) in [6, 6.07) is 9.06. The van der Waals surface area contributed by atoms with E-state index in [9.17, 15) is 4.79 Å². The van der Waals surface area contributed by atoms with Crippen LogP contribution in [0.1, 0.15) is 70.4 Å². The smallest absolute Gasteiger partial charge is 0.207 e. The Labute approximate surface area is 155 Å². The normalized spacial score (nSPS) is 12.3. The minimum atomic E-state index is 0.483. The van der Waals surface area contributed by atoms with Crippen molar-refractivity contribution < 1.29 is 15.0 Å². The molecule has 0 aromatic heterocycles. The van der Waals surface area contributed by atoms with Gasteiger partial charge in [-0.15, -0.1) is 0 Å². The topological polar surface area (TPSA) is 69.6 Å². The van der Waals surface area contributed by atoms with Crippen molar-refractivity contribution in [2.24, 2.45) is 0 Å². The van der Waals surface area contributed by atoms with Gasteiger partial charge in [0, 0.05) is 20.3 Å². The molecule has 148 valence electrons. The van der Waals surface area contributed by atoms with Gasteiger partial charge in [-0.3, -0.25) is 4.79 Å². The molecule has 1 aromatic carbocycles. The molecular formula is C21H41NO3. The van der Waals surface area contributed by atoms with Gasteiger partial charge in [0.25, 0.3) is 0 Å². The summed E-state index contributed by atoms with van der Waals surface area (Å²) < 4.78 is 0. The van der Waals surface area contributed by atoms with Crippen LogP contribution in [-0.4, -0.2) is 36.9 Å². The summed E-state index contributed by atoms with van der Waals surface area (Å²) in [4.78, 5) is 9.96. The van der Waals surface area contributed by atoms with E-state index in [1.165, 1.54) is 56.1 Å². The highest BCUT2D eigenvalue weighted by molar-refractivity contribution is 5.46. The van der Waals surface area contributed by atoms with Gasteiger partial charge in [0.1, 0.15) is 0 Å². The highest BCUT2D eigenvalue weighted by Crippen LogP contribution is 2.16. The molecule has 0 unspecified atom stereocenters. The first kappa shape index (κ1) is 28.4. The maximum atomic E-state index is 9.96. The molecule has 0 saturated heterocycles.